The molecule has 0 atom stereocenters. The van der Waals surface area contributed by atoms with Crippen molar-refractivity contribution in [2.24, 2.45) is 0 Å². The summed E-state index contributed by atoms with van der Waals surface area (Å²) in [6, 6.07) is 4.31. The molecule has 1 rings (SSSR count). The highest BCUT2D eigenvalue weighted by Gasteiger charge is 2.11. The standard InChI is InChI=1S/C12H16N2O5/c1-3-19-12(15)8-13-7-9-6-10(14(16)17)4-5-11(9)18-2/h4-6,13H,3,7-8H2,1-2H3. The van der Waals surface area contributed by atoms with Gasteiger partial charge in [-0.05, 0) is 13.0 Å². The molecule has 0 aliphatic heterocycles. The third kappa shape index (κ3) is 4.55. The number of nitrogens with zero attached hydrogens (tertiary/aromatic N) is 1. The van der Waals surface area contributed by atoms with Gasteiger partial charge in [0.2, 0.25) is 0 Å². The lowest BCUT2D eigenvalue weighted by Gasteiger charge is -2.09. The van der Waals surface area contributed by atoms with E-state index < -0.39 is 4.92 Å². The minimum Gasteiger partial charge on any atom is -0.496 e. The second-order valence-electron chi connectivity index (χ2n) is 3.66. The molecular formula is C12H16N2O5. The largest absolute Gasteiger partial charge is 0.496 e. The smallest absolute Gasteiger partial charge is 0.319 e. The number of benzene rings is 1. The highest BCUT2D eigenvalue weighted by atomic mass is 16.6. The van der Waals surface area contributed by atoms with E-state index in [1.807, 2.05) is 0 Å². The van der Waals surface area contributed by atoms with Crippen LogP contribution in [0.2, 0.25) is 0 Å². The number of rotatable bonds is 7. The normalized spacial score (nSPS) is 10.0. The van der Waals surface area contributed by atoms with Crippen LogP contribution in [0.4, 0.5) is 5.69 Å². The highest BCUT2D eigenvalue weighted by Crippen LogP contribution is 2.23. The highest BCUT2D eigenvalue weighted by molar-refractivity contribution is 5.71. The van der Waals surface area contributed by atoms with E-state index in [1.165, 1.54) is 25.3 Å². The van der Waals surface area contributed by atoms with Gasteiger partial charge in [-0.2, -0.15) is 0 Å². The van der Waals surface area contributed by atoms with E-state index in [0.29, 0.717) is 17.9 Å². The predicted molar refractivity (Wildman–Crippen MR) is 68.0 cm³/mol. The summed E-state index contributed by atoms with van der Waals surface area (Å²) >= 11 is 0. The number of nitro groups is 1. The molecule has 0 saturated carbocycles. The Kier molecular flexibility index (Phi) is 5.74. The molecule has 0 amide bonds. The van der Waals surface area contributed by atoms with Crippen molar-refractivity contribution in [1.82, 2.24) is 5.32 Å². The van der Waals surface area contributed by atoms with E-state index in [-0.39, 0.29) is 24.7 Å². The van der Waals surface area contributed by atoms with Crippen LogP contribution < -0.4 is 10.1 Å². The van der Waals surface area contributed by atoms with Gasteiger partial charge in [0, 0.05) is 24.2 Å². The molecule has 0 aromatic heterocycles. The van der Waals surface area contributed by atoms with Gasteiger partial charge >= 0.3 is 5.97 Å². The van der Waals surface area contributed by atoms with E-state index in [2.05, 4.69) is 5.32 Å². The fourth-order valence-corrected chi connectivity index (χ4v) is 1.53. The molecular weight excluding hydrogens is 252 g/mol. The third-order valence-corrected chi connectivity index (χ3v) is 2.36. The van der Waals surface area contributed by atoms with Crippen LogP contribution in [-0.4, -0.2) is 31.2 Å². The average Bonchev–Trinajstić information content (AvgIpc) is 2.38. The summed E-state index contributed by atoms with van der Waals surface area (Å²) in [5.41, 5.74) is 0.592. The minimum absolute atomic E-state index is 0.0197. The number of hydrogen-bond donors (Lipinski definition) is 1. The van der Waals surface area contributed by atoms with Crippen LogP contribution in [0.1, 0.15) is 12.5 Å². The molecule has 0 aliphatic carbocycles. The molecule has 0 fully saturated rings. The summed E-state index contributed by atoms with van der Waals surface area (Å²) in [5.74, 6) is 0.161. The molecule has 0 unspecified atom stereocenters. The van der Waals surface area contributed by atoms with Crippen LogP contribution in [0, 0.1) is 10.1 Å². The van der Waals surface area contributed by atoms with Crippen LogP contribution >= 0.6 is 0 Å². The number of carbonyl (C=O) groups excluding carboxylic acids is 1. The second-order valence-corrected chi connectivity index (χ2v) is 3.66. The van der Waals surface area contributed by atoms with Crippen LogP contribution in [-0.2, 0) is 16.1 Å². The molecule has 0 radical (unpaired) electrons. The van der Waals surface area contributed by atoms with Gasteiger partial charge in [-0.25, -0.2) is 0 Å². The van der Waals surface area contributed by atoms with Crippen LogP contribution in [0.5, 0.6) is 5.75 Å². The van der Waals surface area contributed by atoms with Crippen molar-refractivity contribution >= 4 is 11.7 Å². The molecule has 0 heterocycles. The molecule has 104 valence electrons. The van der Waals surface area contributed by atoms with E-state index in [0.717, 1.165) is 0 Å². The zero-order valence-electron chi connectivity index (χ0n) is 10.8. The monoisotopic (exact) mass is 268 g/mol. The minimum atomic E-state index is -0.478. The summed E-state index contributed by atoms with van der Waals surface area (Å²) < 4.78 is 9.86. The van der Waals surface area contributed by atoms with E-state index in [1.54, 1.807) is 6.92 Å². The molecule has 0 spiro atoms. The maximum Gasteiger partial charge on any atom is 0.319 e. The Morgan fingerprint density at radius 3 is 2.79 bits per heavy atom. The van der Waals surface area contributed by atoms with Crippen molar-refractivity contribution in [2.45, 2.75) is 13.5 Å². The summed E-state index contributed by atoms with van der Waals surface area (Å²) in [6.45, 7) is 2.37. The fourth-order valence-electron chi connectivity index (χ4n) is 1.53. The van der Waals surface area contributed by atoms with E-state index in [9.17, 15) is 14.9 Å². The number of carbonyl (C=O) groups is 1. The molecule has 1 aromatic rings. The zero-order chi connectivity index (χ0) is 14.3. The summed E-state index contributed by atoms with van der Waals surface area (Å²) in [4.78, 5) is 21.4. The van der Waals surface area contributed by atoms with Gasteiger partial charge in [0.1, 0.15) is 5.75 Å². The van der Waals surface area contributed by atoms with Gasteiger partial charge in [0.15, 0.2) is 0 Å². The Hall–Kier alpha value is -2.15. The van der Waals surface area contributed by atoms with Crippen molar-refractivity contribution in [3.05, 3.63) is 33.9 Å². The van der Waals surface area contributed by atoms with Crippen molar-refractivity contribution in [3.63, 3.8) is 0 Å². The van der Waals surface area contributed by atoms with Gasteiger partial charge in [-0.3, -0.25) is 14.9 Å². The van der Waals surface area contributed by atoms with E-state index >= 15 is 0 Å². The van der Waals surface area contributed by atoms with Gasteiger partial charge in [-0.15, -0.1) is 0 Å². The van der Waals surface area contributed by atoms with Gasteiger partial charge < -0.3 is 14.8 Å². The topological polar surface area (TPSA) is 90.7 Å². The molecule has 1 aromatic carbocycles. The first-order valence-electron chi connectivity index (χ1n) is 5.76. The summed E-state index contributed by atoms with van der Waals surface area (Å²) in [5, 5.41) is 13.5. The average molecular weight is 268 g/mol. The fraction of sp³-hybridized carbons (Fsp3) is 0.417. The lowest BCUT2D eigenvalue weighted by atomic mass is 10.1. The lowest BCUT2D eigenvalue weighted by Crippen LogP contribution is -2.24. The third-order valence-electron chi connectivity index (χ3n) is 2.36. The number of nitrogens with one attached hydrogen (secondary N) is 1. The maximum absolute atomic E-state index is 11.1. The predicted octanol–water partition coefficient (Wildman–Crippen LogP) is 1.26. The molecule has 7 heteroatoms. The molecule has 0 saturated heterocycles. The maximum atomic E-state index is 11.1. The van der Waals surface area contributed by atoms with Crippen molar-refractivity contribution < 1.29 is 19.2 Å². The van der Waals surface area contributed by atoms with Crippen LogP contribution in [0.15, 0.2) is 18.2 Å². The van der Waals surface area contributed by atoms with E-state index in [4.69, 9.17) is 9.47 Å². The Balaban J connectivity index is 2.67. The molecule has 7 nitrogen and oxygen atoms in total. The quantitative estimate of drug-likeness (QED) is 0.454. The number of methoxy groups -OCH3 is 1. The number of non-ortho nitro benzene ring substituents is 1. The van der Waals surface area contributed by atoms with Crippen LogP contribution in [0.25, 0.3) is 0 Å². The van der Waals surface area contributed by atoms with Gasteiger partial charge in [0.05, 0.1) is 25.2 Å². The number of nitro benzene ring substituents is 1. The Morgan fingerprint density at radius 1 is 1.47 bits per heavy atom. The summed E-state index contributed by atoms with van der Waals surface area (Å²) in [6.07, 6.45) is 0. The van der Waals surface area contributed by atoms with Crippen LogP contribution in [0.3, 0.4) is 0 Å². The first-order chi connectivity index (χ1) is 9.08. The Morgan fingerprint density at radius 2 is 2.21 bits per heavy atom. The summed E-state index contributed by atoms with van der Waals surface area (Å²) in [7, 11) is 1.48. The van der Waals surface area contributed by atoms with Gasteiger partial charge in [-0.1, -0.05) is 0 Å². The first-order valence-corrected chi connectivity index (χ1v) is 5.76. The zero-order valence-corrected chi connectivity index (χ0v) is 10.8. The number of esters is 1. The Bertz CT molecular complexity index is 461. The SMILES string of the molecule is CCOC(=O)CNCc1cc([N+](=O)[O-])ccc1OC. The number of hydrogen-bond acceptors (Lipinski definition) is 6. The Labute approximate surface area is 110 Å². The molecule has 19 heavy (non-hydrogen) atoms. The van der Waals surface area contributed by atoms with Crippen molar-refractivity contribution in [3.8, 4) is 5.75 Å². The van der Waals surface area contributed by atoms with Crippen molar-refractivity contribution in [1.29, 1.82) is 0 Å². The lowest BCUT2D eigenvalue weighted by molar-refractivity contribution is -0.384. The molecule has 0 bridgehead atoms. The molecule has 1 N–H and O–H groups in total. The molecule has 0 aliphatic rings. The van der Waals surface area contributed by atoms with Gasteiger partial charge in [0.25, 0.3) is 5.69 Å². The van der Waals surface area contributed by atoms with Crippen molar-refractivity contribution in [2.75, 3.05) is 20.3 Å². The number of ether oxygens (including phenoxy) is 2. The first kappa shape index (κ1) is 14.9. The second kappa shape index (κ2) is 7.32.